The number of hydrogen-bond acceptors (Lipinski definition) is 3. The minimum absolute atomic E-state index is 0.957. The van der Waals surface area contributed by atoms with Gasteiger partial charge >= 0.3 is 6.16 Å². The second-order valence-corrected chi connectivity index (χ2v) is 4.50. The van der Waals surface area contributed by atoms with Crippen molar-refractivity contribution in [3.8, 4) is 0 Å². The molecule has 0 heterocycles. The van der Waals surface area contributed by atoms with Gasteiger partial charge < -0.3 is 0 Å². The number of carbonyl (C=O) groups is 1. The summed E-state index contributed by atoms with van der Waals surface area (Å²) in [6.45, 7) is 2.09. The highest BCUT2D eigenvalue weighted by molar-refractivity contribution is 8.75. The summed E-state index contributed by atoms with van der Waals surface area (Å²) in [4.78, 5) is 10.0. The highest BCUT2D eigenvalue weighted by Crippen LogP contribution is 2.25. The van der Waals surface area contributed by atoms with Gasteiger partial charge in [-0.05, 0) is 6.42 Å². The average molecular weight is 197 g/mol. The smallest absolute Gasteiger partial charge is 0.252 e. The molecule has 0 aliphatic heterocycles. The first-order chi connectivity index (χ1) is 5.18. The summed E-state index contributed by atoms with van der Waals surface area (Å²) in [5.74, 6) is 0.957. The molecule has 0 fully saturated rings. The van der Waals surface area contributed by atoms with Crippen molar-refractivity contribution in [2.75, 3.05) is 12.8 Å². The maximum absolute atomic E-state index is 11.9. The van der Waals surface area contributed by atoms with Crippen molar-refractivity contribution in [3.05, 3.63) is 0 Å². The van der Waals surface area contributed by atoms with E-state index in [4.69, 9.17) is 0 Å². The van der Waals surface area contributed by atoms with Crippen LogP contribution in [0.1, 0.15) is 19.8 Å². The Labute approximate surface area is 74.4 Å². The zero-order valence-electron chi connectivity index (χ0n) is 6.67. The molecule has 0 aliphatic rings. The van der Waals surface area contributed by atoms with Gasteiger partial charge in [0.15, 0.2) is 0 Å². The quantitative estimate of drug-likeness (QED) is 0.222. The SMILES string of the molecule is CCCCSSN(C)C(=O)F. The second-order valence-electron chi connectivity index (χ2n) is 2.00. The van der Waals surface area contributed by atoms with Gasteiger partial charge in [0.25, 0.3) is 0 Å². The Morgan fingerprint density at radius 1 is 1.64 bits per heavy atom. The number of carbonyl (C=O) groups excluding carboxylic acids is 1. The van der Waals surface area contributed by atoms with Gasteiger partial charge in [-0.25, -0.2) is 4.79 Å². The first-order valence-corrected chi connectivity index (χ1v) is 5.68. The Morgan fingerprint density at radius 2 is 2.27 bits per heavy atom. The van der Waals surface area contributed by atoms with Crippen molar-refractivity contribution in [2.24, 2.45) is 0 Å². The molecule has 0 N–H and O–H groups in total. The van der Waals surface area contributed by atoms with E-state index < -0.39 is 6.16 Å². The number of nitrogens with zero attached hydrogens (tertiary/aromatic N) is 1. The van der Waals surface area contributed by atoms with Gasteiger partial charge in [0, 0.05) is 23.8 Å². The van der Waals surface area contributed by atoms with E-state index in [1.54, 1.807) is 0 Å². The molecule has 11 heavy (non-hydrogen) atoms. The third kappa shape index (κ3) is 6.50. The van der Waals surface area contributed by atoms with Gasteiger partial charge in [-0.2, -0.15) is 0 Å². The zero-order chi connectivity index (χ0) is 8.69. The molecule has 66 valence electrons. The van der Waals surface area contributed by atoms with Crippen LogP contribution in [0.15, 0.2) is 0 Å². The molecular weight excluding hydrogens is 185 g/mol. The van der Waals surface area contributed by atoms with E-state index in [0.717, 1.165) is 33.9 Å². The van der Waals surface area contributed by atoms with Crippen LogP contribution in [0, 0.1) is 0 Å². The lowest BCUT2D eigenvalue weighted by Crippen LogP contribution is -2.10. The molecular formula is C6H12FNOS2. The largest absolute Gasteiger partial charge is 0.410 e. The van der Waals surface area contributed by atoms with Crippen LogP contribution in [0.3, 0.4) is 0 Å². The van der Waals surface area contributed by atoms with Crippen molar-refractivity contribution in [2.45, 2.75) is 19.8 Å². The topological polar surface area (TPSA) is 20.3 Å². The number of halogens is 1. The van der Waals surface area contributed by atoms with E-state index in [-0.39, 0.29) is 0 Å². The second kappa shape index (κ2) is 6.79. The van der Waals surface area contributed by atoms with Gasteiger partial charge in [0.2, 0.25) is 0 Å². The standard InChI is InChI=1S/C6H12FNOS2/c1-3-4-5-10-11-8(2)6(7)9/h3-5H2,1-2H3. The first kappa shape index (κ1) is 11.1. The normalized spacial score (nSPS) is 9.73. The zero-order valence-corrected chi connectivity index (χ0v) is 8.30. The summed E-state index contributed by atoms with van der Waals surface area (Å²) >= 11 is 0. The molecule has 0 aromatic rings. The maximum Gasteiger partial charge on any atom is 0.410 e. The summed E-state index contributed by atoms with van der Waals surface area (Å²) in [7, 11) is 4.07. The predicted octanol–water partition coefficient (Wildman–Crippen LogP) is 3.10. The highest BCUT2D eigenvalue weighted by Gasteiger charge is 2.05. The Kier molecular flexibility index (Phi) is 6.85. The van der Waals surface area contributed by atoms with E-state index in [1.165, 1.54) is 17.8 Å². The van der Waals surface area contributed by atoms with Crippen LogP contribution in [0.25, 0.3) is 0 Å². The molecule has 0 aromatic carbocycles. The van der Waals surface area contributed by atoms with Gasteiger partial charge in [0.05, 0.1) is 0 Å². The Bertz CT molecular complexity index is 123. The fourth-order valence-electron chi connectivity index (χ4n) is 0.349. The van der Waals surface area contributed by atoms with Crippen molar-refractivity contribution >= 4 is 27.9 Å². The van der Waals surface area contributed by atoms with Crippen LogP contribution in [0.5, 0.6) is 0 Å². The van der Waals surface area contributed by atoms with Gasteiger partial charge in [-0.15, -0.1) is 4.39 Å². The summed E-state index contributed by atoms with van der Waals surface area (Å²) in [6, 6.07) is 0. The third-order valence-corrected chi connectivity index (χ3v) is 3.41. The number of hydrogen-bond donors (Lipinski definition) is 0. The lowest BCUT2D eigenvalue weighted by molar-refractivity contribution is 0.210. The molecule has 0 rings (SSSR count). The molecule has 0 saturated heterocycles. The molecule has 0 aromatic heterocycles. The van der Waals surface area contributed by atoms with E-state index in [1.807, 2.05) is 0 Å². The van der Waals surface area contributed by atoms with E-state index in [0.29, 0.717) is 0 Å². The van der Waals surface area contributed by atoms with Crippen molar-refractivity contribution in [1.29, 1.82) is 0 Å². The van der Waals surface area contributed by atoms with E-state index in [9.17, 15) is 9.18 Å². The van der Waals surface area contributed by atoms with Crippen molar-refractivity contribution in [1.82, 2.24) is 4.31 Å². The van der Waals surface area contributed by atoms with Crippen LogP contribution in [-0.4, -0.2) is 23.3 Å². The molecule has 0 unspecified atom stereocenters. The maximum atomic E-state index is 11.9. The fraction of sp³-hybridized carbons (Fsp3) is 0.833. The van der Waals surface area contributed by atoms with Crippen LogP contribution < -0.4 is 0 Å². The Balaban J connectivity index is 3.17. The van der Waals surface area contributed by atoms with Crippen LogP contribution >= 0.6 is 21.8 Å². The highest BCUT2D eigenvalue weighted by atomic mass is 33.1. The van der Waals surface area contributed by atoms with Crippen LogP contribution in [-0.2, 0) is 0 Å². The number of unbranched alkanes of at least 4 members (excludes halogenated alkanes) is 1. The number of rotatable bonds is 5. The van der Waals surface area contributed by atoms with Gasteiger partial charge in [-0.1, -0.05) is 24.1 Å². The summed E-state index contributed by atoms with van der Waals surface area (Å²) in [5.41, 5.74) is 0. The average Bonchev–Trinajstić information content (AvgIpc) is 1.97. The molecule has 5 heteroatoms. The Morgan fingerprint density at radius 3 is 2.73 bits per heavy atom. The number of amides is 1. The minimum Gasteiger partial charge on any atom is -0.252 e. The molecule has 0 saturated carbocycles. The molecule has 0 aliphatic carbocycles. The lowest BCUT2D eigenvalue weighted by atomic mass is 10.4. The Hall–Kier alpha value is 0.1000. The monoisotopic (exact) mass is 197 g/mol. The molecule has 1 amide bonds. The molecule has 0 radical (unpaired) electrons. The summed E-state index contributed by atoms with van der Waals surface area (Å²) < 4.78 is 12.8. The summed E-state index contributed by atoms with van der Waals surface area (Å²) in [6.07, 6.45) is 0.839. The van der Waals surface area contributed by atoms with E-state index >= 15 is 0 Å². The van der Waals surface area contributed by atoms with Crippen molar-refractivity contribution in [3.63, 3.8) is 0 Å². The molecule has 0 bridgehead atoms. The van der Waals surface area contributed by atoms with Crippen LogP contribution in [0.2, 0.25) is 0 Å². The summed E-state index contributed by atoms with van der Waals surface area (Å²) in [5, 5.41) is 0. The van der Waals surface area contributed by atoms with E-state index in [2.05, 4.69) is 6.92 Å². The first-order valence-electron chi connectivity index (χ1n) is 3.41. The lowest BCUT2D eigenvalue weighted by Gasteiger charge is -2.08. The molecule has 0 atom stereocenters. The molecule has 0 spiro atoms. The molecule has 2 nitrogen and oxygen atoms in total. The fourth-order valence-corrected chi connectivity index (χ4v) is 2.27. The van der Waals surface area contributed by atoms with Gasteiger partial charge in [0.1, 0.15) is 0 Å². The van der Waals surface area contributed by atoms with Gasteiger partial charge in [-0.3, -0.25) is 4.31 Å². The van der Waals surface area contributed by atoms with Crippen LogP contribution in [0.4, 0.5) is 9.18 Å². The van der Waals surface area contributed by atoms with Crippen molar-refractivity contribution < 1.29 is 9.18 Å². The predicted molar refractivity (Wildman–Crippen MR) is 49.2 cm³/mol. The third-order valence-electron chi connectivity index (χ3n) is 0.993. The minimum atomic E-state index is -1.39.